The third-order valence-corrected chi connectivity index (χ3v) is 6.09. The highest BCUT2D eigenvalue weighted by atomic mass is 79.9. The molecule has 1 aliphatic heterocycles. The molecule has 1 aliphatic rings. The molecule has 0 radical (unpaired) electrons. The van der Waals surface area contributed by atoms with Crippen molar-refractivity contribution >= 4 is 56.8 Å². The van der Waals surface area contributed by atoms with Crippen molar-refractivity contribution in [2.24, 2.45) is 0 Å². The molecule has 7 heteroatoms. The highest BCUT2D eigenvalue weighted by Crippen LogP contribution is 2.31. The first-order valence-electron chi connectivity index (χ1n) is 9.59. The van der Waals surface area contributed by atoms with Crippen LogP contribution in [-0.2, 0) is 9.59 Å². The lowest BCUT2D eigenvalue weighted by atomic mass is 10.1. The van der Waals surface area contributed by atoms with Crippen LogP contribution >= 0.6 is 28.1 Å². The van der Waals surface area contributed by atoms with Gasteiger partial charge in [-0.2, -0.15) is 0 Å². The normalized spacial score (nSPS) is 15.5. The van der Waals surface area contributed by atoms with Gasteiger partial charge < -0.3 is 4.42 Å². The summed E-state index contributed by atoms with van der Waals surface area (Å²) in [7, 11) is 0. The van der Waals surface area contributed by atoms with Crippen LogP contribution in [0.1, 0.15) is 22.5 Å². The minimum atomic E-state index is -0.551. The summed E-state index contributed by atoms with van der Waals surface area (Å²) in [6.07, 6.45) is 1.44. The number of amides is 2. The van der Waals surface area contributed by atoms with Crippen LogP contribution in [0.5, 0.6) is 0 Å². The number of thiocarbonyl (C=S) groups is 1. The zero-order valence-corrected chi connectivity index (χ0v) is 19.6. The molecule has 156 valence electrons. The van der Waals surface area contributed by atoms with Gasteiger partial charge in [0.05, 0.1) is 5.69 Å². The van der Waals surface area contributed by atoms with Gasteiger partial charge in [0.1, 0.15) is 17.1 Å². The quantitative estimate of drug-likeness (QED) is 0.298. The number of hydrogen-bond acceptors (Lipinski definition) is 4. The maximum atomic E-state index is 13.2. The van der Waals surface area contributed by atoms with Crippen LogP contribution in [0.25, 0.3) is 17.4 Å². The maximum Gasteiger partial charge on any atom is 0.270 e. The number of halogens is 1. The molecule has 0 unspecified atom stereocenters. The Balaban J connectivity index is 1.69. The van der Waals surface area contributed by atoms with E-state index < -0.39 is 11.8 Å². The van der Waals surface area contributed by atoms with Crippen LogP contribution in [0.2, 0.25) is 0 Å². The molecule has 31 heavy (non-hydrogen) atoms. The number of rotatable bonds is 3. The Kier molecular flexibility index (Phi) is 5.64. The lowest BCUT2D eigenvalue weighted by molar-refractivity contribution is -0.122. The highest BCUT2D eigenvalue weighted by molar-refractivity contribution is 9.10. The largest absolute Gasteiger partial charge is 0.457 e. The first kappa shape index (κ1) is 21.2. The Labute approximate surface area is 193 Å². The van der Waals surface area contributed by atoms with Gasteiger partial charge in [-0.25, -0.2) is 0 Å². The van der Waals surface area contributed by atoms with Crippen molar-refractivity contribution in [3.05, 3.63) is 81.0 Å². The molecular formula is C24H19BrN2O3S. The van der Waals surface area contributed by atoms with E-state index in [0.29, 0.717) is 17.2 Å². The van der Waals surface area contributed by atoms with Crippen LogP contribution in [0.15, 0.2) is 63.0 Å². The Morgan fingerprint density at radius 2 is 1.77 bits per heavy atom. The lowest BCUT2D eigenvalue weighted by Gasteiger charge is -2.29. The molecule has 2 amide bonds. The van der Waals surface area contributed by atoms with Crippen LogP contribution in [0.3, 0.4) is 0 Å². The van der Waals surface area contributed by atoms with E-state index in [4.69, 9.17) is 16.6 Å². The Hall–Kier alpha value is -3.03. The van der Waals surface area contributed by atoms with Gasteiger partial charge in [0, 0.05) is 10.0 Å². The van der Waals surface area contributed by atoms with E-state index in [-0.39, 0.29) is 10.7 Å². The van der Waals surface area contributed by atoms with Gasteiger partial charge in [-0.3, -0.25) is 19.8 Å². The molecule has 0 spiro atoms. The van der Waals surface area contributed by atoms with E-state index in [9.17, 15) is 9.59 Å². The van der Waals surface area contributed by atoms with Crippen LogP contribution in [0.4, 0.5) is 5.69 Å². The Morgan fingerprint density at radius 1 is 1.00 bits per heavy atom. The number of nitrogens with one attached hydrogen (secondary N) is 1. The average Bonchev–Trinajstić information content (AvgIpc) is 3.16. The highest BCUT2D eigenvalue weighted by Gasteiger charge is 2.34. The molecule has 1 fully saturated rings. The van der Waals surface area contributed by atoms with Crippen molar-refractivity contribution < 1.29 is 14.0 Å². The molecule has 0 atom stereocenters. The van der Waals surface area contributed by atoms with Gasteiger partial charge in [-0.15, -0.1) is 0 Å². The molecule has 1 N–H and O–H groups in total. The fourth-order valence-electron chi connectivity index (χ4n) is 3.29. The Morgan fingerprint density at radius 3 is 2.48 bits per heavy atom. The summed E-state index contributed by atoms with van der Waals surface area (Å²) < 4.78 is 6.80. The minimum Gasteiger partial charge on any atom is -0.457 e. The summed E-state index contributed by atoms with van der Waals surface area (Å²) in [5.74, 6) is -0.0197. The molecule has 5 nitrogen and oxygen atoms in total. The third kappa shape index (κ3) is 4.11. The summed E-state index contributed by atoms with van der Waals surface area (Å²) in [6, 6.07) is 15.1. The molecule has 2 heterocycles. The predicted molar refractivity (Wildman–Crippen MR) is 129 cm³/mol. The summed E-state index contributed by atoms with van der Waals surface area (Å²) >= 11 is 8.81. The van der Waals surface area contributed by atoms with E-state index in [2.05, 4.69) is 21.2 Å². The summed E-state index contributed by atoms with van der Waals surface area (Å²) in [5.41, 5.74) is 4.69. The second-order valence-electron chi connectivity index (χ2n) is 7.41. The SMILES string of the molecule is Cc1ccc(-c2ccc(/C=C3\C(=O)NC(=S)N(c4ccc(C)c(C)c4)C3=O)o2)c(Br)c1. The zero-order valence-electron chi connectivity index (χ0n) is 17.2. The van der Waals surface area contributed by atoms with Crippen molar-refractivity contribution in [1.82, 2.24) is 5.32 Å². The minimum absolute atomic E-state index is 0.0456. The van der Waals surface area contributed by atoms with Gasteiger partial charge >= 0.3 is 0 Å². The fraction of sp³-hybridized carbons (Fsp3) is 0.125. The molecule has 1 aromatic heterocycles. The topological polar surface area (TPSA) is 62.6 Å². The van der Waals surface area contributed by atoms with E-state index in [1.54, 1.807) is 12.1 Å². The number of aryl methyl sites for hydroxylation is 3. The van der Waals surface area contributed by atoms with E-state index in [1.165, 1.54) is 11.0 Å². The molecule has 4 rings (SSSR count). The monoisotopic (exact) mass is 494 g/mol. The molecule has 0 aliphatic carbocycles. The molecule has 2 aromatic carbocycles. The van der Waals surface area contributed by atoms with Crippen molar-refractivity contribution in [3.63, 3.8) is 0 Å². The van der Waals surface area contributed by atoms with Gasteiger partial charge in [-0.1, -0.05) is 28.1 Å². The fourth-order valence-corrected chi connectivity index (χ4v) is 4.26. The third-order valence-electron chi connectivity index (χ3n) is 5.15. The number of carbonyl (C=O) groups excluding carboxylic acids is 2. The van der Waals surface area contributed by atoms with Crippen molar-refractivity contribution in [2.75, 3.05) is 4.90 Å². The molecule has 3 aromatic rings. The summed E-state index contributed by atoms with van der Waals surface area (Å²) in [4.78, 5) is 27.0. The smallest absolute Gasteiger partial charge is 0.270 e. The van der Waals surface area contributed by atoms with Gasteiger partial charge in [0.25, 0.3) is 11.8 Å². The second-order valence-corrected chi connectivity index (χ2v) is 8.65. The standard InChI is InChI=1S/C24H19BrN2O3S/c1-13-4-8-18(20(25)10-13)21-9-7-17(30-21)12-19-22(28)26-24(31)27(23(19)29)16-6-5-14(2)15(3)11-16/h4-12H,1-3H3,(H,26,28,31)/b19-12+. The van der Waals surface area contributed by atoms with E-state index in [1.807, 2.05) is 57.2 Å². The predicted octanol–water partition coefficient (Wildman–Crippen LogP) is 5.47. The molecule has 0 saturated carbocycles. The number of nitrogens with zero attached hydrogens (tertiary/aromatic N) is 1. The van der Waals surface area contributed by atoms with Crippen molar-refractivity contribution in [3.8, 4) is 11.3 Å². The Bertz CT molecular complexity index is 1280. The van der Waals surface area contributed by atoms with E-state index >= 15 is 0 Å². The first-order chi connectivity index (χ1) is 14.7. The van der Waals surface area contributed by atoms with Gasteiger partial charge in [0.15, 0.2) is 5.11 Å². The average molecular weight is 495 g/mol. The molecular weight excluding hydrogens is 476 g/mol. The van der Waals surface area contributed by atoms with E-state index in [0.717, 1.165) is 26.7 Å². The number of carbonyl (C=O) groups is 2. The van der Waals surface area contributed by atoms with Crippen LogP contribution in [0, 0.1) is 20.8 Å². The lowest BCUT2D eigenvalue weighted by Crippen LogP contribution is -2.54. The van der Waals surface area contributed by atoms with Gasteiger partial charge in [-0.05, 0) is 92.2 Å². The summed E-state index contributed by atoms with van der Waals surface area (Å²) in [5, 5.41) is 2.65. The maximum absolute atomic E-state index is 13.2. The number of furan rings is 1. The number of anilines is 1. The molecule has 0 bridgehead atoms. The van der Waals surface area contributed by atoms with Gasteiger partial charge in [0.2, 0.25) is 0 Å². The first-order valence-corrected chi connectivity index (χ1v) is 10.8. The van der Waals surface area contributed by atoms with Crippen LogP contribution in [-0.4, -0.2) is 16.9 Å². The number of hydrogen-bond donors (Lipinski definition) is 1. The van der Waals surface area contributed by atoms with Crippen molar-refractivity contribution in [1.29, 1.82) is 0 Å². The second kappa shape index (κ2) is 8.24. The van der Waals surface area contributed by atoms with Crippen LogP contribution < -0.4 is 10.2 Å². The summed E-state index contributed by atoms with van der Waals surface area (Å²) in [6.45, 7) is 5.95. The number of benzene rings is 2. The van der Waals surface area contributed by atoms with Crippen molar-refractivity contribution in [2.45, 2.75) is 20.8 Å². The zero-order chi connectivity index (χ0) is 22.3. The molecule has 1 saturated heterocycles.